The minimum atomic E-state index is 0.190. The Morgan fingerprint density at radius 3 is 0.638 bits per heavy atom. The normalized spacial score (nSPS) is 21.0. The highest BCUT2D eigenvalue weighted by atomic mass is 15.1. The van der Waals surface area contributed by atoms with E-state index in [1.54, 1.807) is 22.3 Å². The van der Waals surface area contributed by atoms with Gasteiger partial charge < -0.3 is 9.80 Å². The third-order valence-corrected chi connectivity index (χ3v) is 31.8. The van der Waals surface area contributed by atoms with Crippen molar-refractivity contribution < 1.29 is 0 Å². The van der Waals surface area contributed by atoms with Gasteiger partial charge in [0, 0.05) is 44.8 Å². The Labute approximate surface area is 765 Å². The van der Waals surface area contributed by atoms with E-state index in [9.17, 15) is 0 Å². The van der Waals surface area contributed by atoms with E-state index in [4.69, 9.17) is 0 Å². The predicted molar refractivity (Wildman–Crippen MR) is 543 cm³/mol. The summed E-state index contributed by atoms with van der Waals surface area (Å²) in [5, 5.41) is 0. The van der Waals surface area contributed by atoms with E-state index in [0.29, 0.717) is 0 Å². The van der Waals surface area contributed by atoms with Gasteiger partial charge >= 0.3 is 0 Å². The maximum absolute atomic E-state index is 2.55. The lowest BCUT2D eigenvalue weighted by atomic mass is 9.43. The maximum Gasteiger partial charge on any atom is 0.0540 e. The molecule has 8 fully saturated rings. The minimum Gasteiger partial charge on any atom is -0.311 e. The van der Waals surface area contributed by atoms with Crippen molar-refractivity contribution in [2.45, 2.75) is 75.0 Å². The average molecular weight is 1670 g/mol. The van der Waals surface area contributed by atoms with Gasteiger partial charge in [-0.3, -0.25) is 0 Å². The quantitative estimate of drug-likeness (QED) is 0.0951. The van der Waals surface area contributed by atoms with Crippen LogP contribution in [0.4, 0.5) is 34.1 Å². The van der Waals surface area contributed by atoms with Crippen LogP contribution in [0.2, 0.25) is 0 Å². The van der Waals surface area contributed by atoms with Crippen LogP contribution in [0.25, 0.3) is 134 Å². The van der Waals surface area contributed by atoms with Crippen molar-refractivity contribution in [3.8, 4) is 134 Å². The summed E-state index contributed by atoms with van der Waals surface area (Å²) in [5.74, 6) is 6.88. The SMILES string of the molecule is c1ccc(-c2ccc(-c3ccc(N(c4ccc(-c5ccc(-c6ccccc6)cc5)cc4)c4ccc(-c5ccc6c(c5)-c5ccccc5C65C6CC7CC(C6)CC5C7)cc4)cc3)cc2)cc1.c1ccc(-c2ccc(-c3ccc(N(c4ccc(-c5ccc6c(c5)-c5ccccc5C65C6CC7CC(C6)CC5C7)cc4)c4ccc(-c5ccccc5)cc4-c4ccccc4)cc3)cc2)cc1. The van der Waals surface area contributed by atoms with Crippen LogP contribution in [0, 0.1) is 47.3 Å². The topological polar surface area (TPSA) is 6.48 Å². The van der Waals surface area contributed by atoms with Crippen molar-refractivity contribution in [3.05, 3.63) is 471 Å². The highest BCUT2D eigenvalue weighted by molar-refractivity contribution is 5.94. The Morgan fingerprint density at radius 2 is 0.346 bits per heavy atom. The highest BCUT2D eigenvalue weighted by Gasteiger charge is 2.63. The first-order valence-corrected chi connectivity index (χ1v) is 47.7. The number of anilines is 6. The van der Waals surface area contributed by atoms with Crippen molar-refractivity contribution in [3.63, 3.8) is 0 Å². The molecule has 2 spiro atoms. The molecule has 0 atom stereocenters. The molecule has 18 aromatic carbocycles. The lowest BCUT2D eigenvalue weighted by Gasteiger charge is -2.61. The molecule has 0 N–H and O–H groups in total. The molecule has 0 unspecified atom stereocenters. The number of fused-ring (bicyclic) bond motifs is 6. The Hall–Kier alpha value is -14.4. The van der Waals surface area contributed by atoms with Crippen molar-refractivity contribution in [1.29, 1.82) is 0 Å². The molecule has 18 aromatic rings. The lowest BCUT2D eigenvalue weighted by molar-refractivity contribution is -0.0399. The summed E-state index contributed by atoms with van der Waals surface area (Å²) in [6.07, 6.45) is 14.2. The van der Waals surface area contributed by atoms with Crippen LogP contribution in [-0.4, -0.2) is 0 Å². The highest BCUT2D eigenvalue weighted by Crippen LogP contribution is 2.72. The second kappa shape index (κ2) is 32.4. The standard InChI is InChI=1S/2C64H51N/c1-4-12-45(13-5-1)47-20-22-48(23-21-47)49-24-30-56(31-25-49)65(63-35-29-53(46-14-6-2-7-15-46)41-59(63)51-16-8-3-9-17-51)57-32-26-50(27-33-57)52-28-34-62-60(42-52)58-18-10-11-19-61(58)64(62)54-37-43-36-44(39-54)40-55(64)38-43;1-3-9-45(10-4-1)47-15-19-49(20-16-47)51-23-30-57(31-24-51)65(58-32-25-52(26-33-58)50-21-17-48(18-22-50)46-11-5-2-6-12-46)59-34-27-53(28-35-59)54-29-36-63-61(42-54)60-13-7-8-14-62(60)64(63)55-38-43-37-44(40-55)41-56(64)39-43/h1-35,41-44,54-55H,36-40H2;1-36,42-44,55-56H,37-41H2. The molecule has 130 heavy (non-hydrogen) atoms. The molecule has 0 heterocycles. The summed E-state index contributed by atoms with van der Waals surface area (Å²) < 4.78 is 0. The van der Waals surface area contributed by atoms with Gasteiger partial charge in [-0.05, 0) is 347 Å². The largest absolute Gasteiger partial charge is 0.311 e. The first-order chi connectivity index (χ1) is 64.3. The molecular weight excluding hydrogens is 1570 g/mol. The van der Waals surface area contributed by atoms with Crippen LogP contribution >= 0.6 is 0 Å². The molecular formula is C128H102N2. The van der Waals surface area contributed by atoms with Gasteiger partial charge in [0.1, 0.15) is 0 Å². The lowest BCUT2D eigenvalue weighted by Crippen LogP contribution is -2.55. The molecule has 624 valence electrons. The summed E-state index contributed by atoms with van der Waals surface area (Å²) in [4.78, 5) is 4.84. The zero-order valence-corrected chi connectivity index (χ0v) is 73.3. The second-order valence-electron chi connectivity index (χ2n) is 38.7. The van der Waals surface area contributed by atoms with Crippen LogP contribution < -0.4 is 9.80 Å². The molecule has 0 aliphatic heterocycles. The molecule has 10 aliphatic rings. The van der Waals surface area contributed by atoms with E-state index in [-0.39, 0.29) is 10.8 Å². The number of hydrogen-bond donors (Lipinski definition) is 0. The Balaban J connectivity index is 0.000000140. The fourth-order valence-corrected chi connectivity index (χ4v) is 26.4. The fourth-order valence-electron chi connectivity index (χ4n) is 26.4. The molecule has 2 nitrogen and oxygen atoms in total. The number of benzene rings is 18. The fraction of sp³-hybridized carbons (Fsp3) is 0.156. The molecule has 8 saturated carbocycles. The summed E-state index contributed by atoms with van der Waals surface area (Å²) in [7, 11) is 0. The molecule has 28 rings (SSSR count). The van der Waals surface area contributed by atoms with Crippen LogP contribution in [0.3, 0.4) is 0 Å². The van der Waals surface area contributed by atoms with Crippen molar-refractivity contribution >= 4 is 34.1 Å². The Bertz CT molecular complexity index is 7010. The van der Waals surface area contributed by atoms with E-state index < -0.39 is 0 Å². The van der Waals surface area contributed by atoms with Crippen molar-refractivity contribution in [1.82, 2.24) is 0 Å². The minimum absolute atomic E-state index is 0.190. The zero-order chi connectivity index (χ0) is 85.8. The summed E-state index contributed by atoms with van der Waals surface area (Å²) in [6, 6.07) is 167. The number of nitrogens with zero attached hydrogens (tertiary/aromatic N) is 2. The Morgan fingerprint density at radius 1 is 0.146 bits per heavy atom. The monoisotopic (exact) mass is 1670 g/mol. The van der Waals surface area contributed by atoms with Gasteiger partial charge in [0.2, 0.25) is 0 Å². The van der Waals surface area contributed by atoms with Crippen molar-refractivity contribution in [2.24, 2.45) is 47.3 Å². The maximum atomic E-state index is 2.55. The predicted octanol–water partition coefficient (Wildman–Crippen LogP) is 34.4. The van der Waals surface area contributed by atoms with Crippen LogP contribution in [0.15, 0.2) is 449 Å². The molecule has 0 saturated heterocycles. The van der Waals surface area contributed by atoms with E-state index >= 15 is 0 Å². The summed E-state index contributed by atoms with van der Waals surface area (Å²) in [6.45, 7) is 0. The molecule has 0 radical (unpaired) electrons. The number of hydrogen-bond acceptors (Lipinski definition) is 2. The van der Waals surface area contributed by atoms with Crippen molar-refractivity contribution in [2.75, 3.05) is 9.80 Å². The molecule has 2 heteroatoms. The van der Waals surface area contributed by atoms with Gasteiger partial charge in [-0.15, -0.1) is 0 Å². The third kappa shape index (κ3) is 13.5. The zero-order valence-electron chi connectivity index (χ0n) is 73.3. The van der Waals surface area contributed by atoms with Gasteiger partial charge in [-0.25, -0.2) is 0 Å². The molecule has 10 aliphatic carbocycles. The van der Waals surface area contributed by atoms with Gasteiger partial charge in [0.25, 0.3) is 0 Å². The van der Waals surface area contributed by atoms with Gasteiger partial charge in [-0.2, -0.15) is 0 Å². The van der Waals surface area contributed by atoms with Gasteiger partial charge in [0.05, 0.1) is 5.69 Å². The molecule has 0 aromatic heterocycles. The number of rotatable bonds is 16. The average Bonchev–Trinajstić information content (AvgIpc) is 1.50. The van der Waals surface area contributed by atoms with E-state index in [1.165, 1.54) is 198 Å². The van der Waals surface area contributed by atoms with Crippen LogP contribution in [-0.2, 0) is 10.8 Å². The van der Waals surface area contributed by atoms with E-state index in [1.807, 2.05) is 0 Å². The summed E-state index contributed by atoms with van der Waals surface area (Å²) in [5.41, 5.74) is 44.0. The molecule has 0 amide bonds. The Kier molecular flexibility index (Phi) is 19.4. The third-order valence-electron chi connectivity index (χ3n) is 31.8. The van der Waals surface area contributed by atoms with Crippen LogP contribution in [0.5, 0.6) is 0 Å². The summed E-state index contributed by atoms with van der Waals surface area (Å²) >= 11 is 0. The smallest absolute Gasteiger partial charge is 0.0540 e. The molecule has 8 bridgehead atoms. The van der Waals surface area contributed by atoms with E-state index in [2.05, 4.69) is 459 Å². The van der Waals surface area contributed by atoms with Gasteiger partial charge in [0.15, 0.2) is 0 Å². The van der Waals surface area contributed by atoms with Crippen LogP contribution in [0.1, 0.15) is 86.5 Å². The second-order valence-corrected chi connectivity index (χ2v) is 38.7. The van der Waals surface area contributed by atoms with Gasteiger partial charge in [-0.1, -0.05) is 364 Å². The van der Waals surface area contributed by atoms with E-state index in [0.717, 1.165) is 81.5 Å². The first-order valence-electron chi connectivity index (χ1n) is 47.7. The first kappa shape index (κ1) is 77.9.